The Hall–Kier alpha value is -0.850. The second kappa shape index (κ2) is 7.96. The second-order valence-corrected chi connectivity index (χ2v) is 5.30. The van der Waals surface area contributed by atoms with E-state index >= 15 is 0 Å². The molecule has 122 valence electrons. The van der Waals surface area contributed by atoms with Crippen LogP contribution < -0.4 is 5.73 Å². The summed E-state index contributed by atoms with van der Waals surface area (Å²) in [7, 11) is 0. The van der Waals surface area contributed by atoms with Gasteiger partial charge in [0.1, 0.15) is 5.82 Å². The van der Waals surface area contributed by atoms with E-state index in [0.717, 1.165) is 6.07 Å². The minimum atomic E-state index is -4.56. The van der Waals surface area contributed by atoms with Gasteiger partial charge in [-0.1, -0.05) is 13.8 Å². The molecule has 1 aromatic rings. The van der Waals surface area contributed by atoms with E-state index < -0.39 is 29.7 Å². The second-order valence-electron chi connectivity index (χ2n) is 5.30. The van der Waals surface area contributed by atoms with Crippen LogP contribution in [0.3, 0.4) is 0 Å². The zero-order chi connectivity index (χ0) is 15.5. The summed E-state index contributed by atoms with van der Waals surface area (Å²) in [6.07, 6.45) is -4.66. The minimum Gasteiger partial charge on any atom is -0.391 e. The number of halogens is 5. The molecule has 0 heterocycles. The topological polar surface area (TPSA) is 46.2 Å². The fourth-order valence-corrected chi connectivity index (χ4v) is 1.87. The Kier molecular flexibility index (Phi) is 7.64. The van der Waals surface area contributed by atoms with Gasteiger partial charge in [0.25, 0.3) is 0 Å². The van der Waals surface area contributed by atoms with E-state index in [2.05, 4.69) is 0 Å². The number of rotatable bonds is 5. The number of alkyl halides is 3. The molecule has 0 saturated carbocycles. The lowest BCUT2D eigenvalue weighted by Gasteiger charge is -2.21. The molecule has 21 heavy (non-hydrogen) atoms. The highest BCUT2D eigenvalue weighted by molar-refractivity contribution is 5.85. The average Bonchev–Trinajstić information content (AvgIpc) is 2.34. The number of hydrogen-bond acceptors (Lipinski definition) is 2. The van der Waals surface area contributed by atoms with Gasteiger partial charge in [-0.3, -0.25) is 0 Å². The van der Waals surface area contributed by atoms with Gasteiger partial charge in [-0.25, -0.2) is 4.39 Å². The van der Waals surface area contributed by atoms with Gasteiger partial charge in [0.05, 0.1) is 17.7 Å². The molecule has 0 aliphatic heterocycles. The lowest BCUT2D eigenvalue weighted by molar-refractivity contribution is -0.137. The summed E-state index contributed by atoms with van der Waals surface area (Å²) >= 11 is 0. The normalized spacial score (nSPS) is 14.7. The van der Waals surface area contributed by atoms with Crippen LogP contribution in [0.5, 0.6) is 0 Å². The van der Waals surface area contributed by atoms with E-state index in [9.17, 15) is 22.7 Å². The molecule has 0 saturated heterocycles. The highest BCUT2D eigenvalue weighted by Gasteiger charge is 2.32. The third-order valence-corrected chi connectivity index (χ3v) is 3.14. The predicted octanol–water partition coefficient (Wildman–Crippen LogP) is 4.06. The fraction of sp³-hybridized carbons (Fsp3) is 0.571. The molecule has 0 amide bonds. The Morgan fingerprint density at radius 1 is 1.19 bits per heavy atom. The molecular weight excluding hydrogens is 310 g/mol. The van der Waals surface area contributed by atoms with Gasteiger partial charge >= 0.3 is 6.18 Å². The van der Waals surface area contributed by atoms with Crippen LogP contribution in [0.25, 0.3) is 0 Å². The zero-order valence-electron chi connectivity index (χ0n) is 11.8. The van der Waals surface area contributed by atoms with Gasteiger partial charge in [0, 0.05) is 5.56 Å². The van der Waals surface area contributed by atoms with Crippen LogP contribution in [-0.4, -0.2) is 11.2 Å². The number of benzene rings is 1. The van der Waals surface area contributed by atoms with Crippen LogP contribution in [-0.2, 0) is 6.18 Å². The number of nitrogens with two attached hydrogens (primary N) is 1. The van der Waals surface area contributed by atoms with Crippen molar-refractivity contribution in [2.45, 2.75) is 45.0 Å². The molecule has 0 bridgehead atoms. The van der Waals surface area contributed by atoms with Gasteiger partial charge in [0.15, 0.2) is 0 Å². The molecule has 0 unspecified atom stereocenters. The van der Waals surface area contributed by atoms with Crippen LogP contribution in [0.2, 0.25) is 0 Å². The van der Waals surface area contributed by atoms with Crippen molar-refractivity contribution in [2.24, 2.45) is 11.7 Å². The Morgan fingerprint density at radius 3 is 2.24 bits per heavy atom. The molecule has 0 aliphatic carbocycles. The summed E-state index contributed by atoms with van der Waals surface area (Å²) < 4.78 is 51.4. The molecular formula is C14H20ClF4NO. The van der Waals surface area contributed by atoms with E-state index in [1.54, 1.807) is 0 Å². The summed E-state index contributed by atoms with van der Waals surface area (Å²) in [5.74, 6) is -0.516. The van der Waals surface area contributed by atoms with Crippen molar-refractivity contribution in [1.82, 2.24) is 0 Å². The highest BCUT2D eigenvalue weighted by atomic mass is 35.5. The summed E-state index contributed by atoms with van der Waals surface area (Å²) in [6.45, 7) is 3.90. The number of aliphatic hydroxyl groups is 1. The molecule has 3 N–H and O–H groups in total. The van der Waals surface area contributed by atoms with Gasteiger partial charge < -0.3 is 10.8 Å². The molecule has 0 spiro atoms. The van der Waals surface area contributed by atoms with Crippen LogP contribution in [0.1, 0.15) is 43.9 Å². The highest BCUT2D eigenvalue weighted by Crippen LogP contribution is 2.32. The molecule has 2 atom stereocenters. The molecule has 7 heteroatoms. The summed E-state index contributed by atoms with van der Waals surface area (Å²) in [6, 6.07) is 0.883. The van der Waals surface area contributed by atoms with Crippen molar-refractivity contribution < 1.29 is 22.7 Å². The number of aliphatic hydroxyl groups excluding tert-OH is 1. The quantitative estimate of drug-likeness (QED) is 0.800. The summed E-state index contributed by atoms with van der Waals surface area (Å²) in [4.78, 5) is 0. The first-order valence-corrected chi connectivity index (χ1v) is 6.43. The van der Waals surface area contributed by atoms with Gasteiger partial charge in [0.2, 0.25) is 0 Å². The molecule has 2 nitrogen and oxygen atoms in total. The first-order valence-electron chi connectivity index (χ1n) is 6.43. The first kappa shape index (κ1) is 20.1. The Labute approximate surface area is 127 Å². The van der Waals surface area contributed by atoms with E-state index in [1.807, 2.05) is 13.8 Å². The van der Waals surface area contributed by atoms with E-state index in [-0.39, 0.29) is 18.0 Å². The fourth-order valence-electron chi connectivity index (χ4n) is 1.87. The SMILES string of the molecule is CC(C)CC[C@H](O)[C@H](N)c1cc(C(F)(F)F)ccc1F.Cl. The molecule has 0 fully saturated rings. The van der Waals surface area contributed by atoms with Gasteiger partial charge in [-0.15, -0.1) is 12.4 Å². The van der Waals surface area contributed by atoms with Crippen molar-refractivity contribution >= 4 is 12.4 Å². The lowest BCUT2D eigenvalue weighted by atomic mass is 9.94. The van der Waals surface area contributed by atoms with Crippen molar-refractivity contribution in [2.75, 3.05) is 0 Å². The maximum Gasteiger partial charge on any atom is 0.416 e. The monoisotopic (exact) mass is 329 g/mol. The molecule has 0 aromatic heterocycles. The van der Waals surface area contributed by atoms with Crippen molar-refractivity contribution in [1.29, 1.82) is 0 Å². The molecule has 0 radical (unpaired) electrons. The molecule has 0 aliphatic rings. The van der Waals surface area contributed by atoms with Crippen molar-refractivity contribution in [3.8, 4) is 0 Å². The maximum absolute atomic E-state index is 13.6. The Balaban J connectivity index is 0.00000400. The Bertz CT molecular complexity index is 451. The van der Waals surface area contributed by atoms with Crippen molar-refractivity contribution in [3.63, 3.8) is 0 Å². The third kappa shape index (κ3) is 5.80. The summed E-state index contributed by atoms with van der Waals surface area (Å²) in [5.41, 5.74) is 4.40. The van der Waals surface area contributed by atoms with Crippen LogP contribution in [0, 0.1) is 11.7 Å². The van der Waals surface area contributed by atoms with Crippen LogP contribution in [0.4, 0.5) is 17.6 Å². The zero-order valence-corrected chi connectivity index (χ0v) is 12.6. The minimum absolute atomic E-state index is 0. The van der Waals surface area contributed by atoms with Crippen LogP contribution in [0.15, 0.2) is 18.2 Å². The lowest BCUT2D eigenvalue weighted by Crippen LogP contribution is -2.28. The van der Waals surface area contributed by atoms with Gasteiger partial charge in [-0.05, 0) is 37.0 Å². The molecule has 1 aromatic carbocycles. The maximum atomic E-state index is 13.6. The van der Waals surface area contributed by atoms with E-state index in [4.69, 9.17) is 5.73 Å². The predicted molar refractivity (Wildman–Crippen MR) is 75.7 cm³/mol. The van der Waals surface area contributed by atoms with Crippen LogP contribution >= 0.6 is 12.4 Å². The smallest absolute Gasteiger partial charge is 0.391 e. The van der Waals surface area contributed by atoms with Gasteiger partial charge in [-0.2, -0.15) is 13.2 Å². The standard InChI is InChI=1S/C14H19F4NO.ClH/c1-8(2)3-6-12(20)13(19)10-7-9(14(16,17)18)4-5-11(10)15;/h4-5,7-8,12-13,20H,3,6,19H2,1-2H3;1H/t12-,13+;/m0./s1. The first-order chi connectivity index (χ1) is 9.12. The average molecular weight is 330 g/mol. The van der Waals surface area contributed by atoms with E-state index in [0.29, 0.717) is 30.9 Å². The van der Waals surface area contributed by atoms with E-state index in [1.165, 1.54) is 0 Å². The van der Waals surface area contributed by atoms with Crippen molar-refractivity contribution in [3.05, 3.63) is 35.1 Å². The largest absolute Gasteiger partial charge is 0.416 e. The Morgan fingerprint density at radius 2 is 1.76 bits per heavy atom. The number of hydrogen-bond donors (Lipinski definition) is 2. The molecule has 1 rings (SSSR count). The summed E-state index contributed by atoms with van der Waals surface area (Å²) in [5, 5.41) is 9.87. The third-order valence-electron chi connectivity index (χ3n) is 3.14.